The molecule has 0 saturated carbocycles. The minimum absolute atomic E-state index is 0.00743. The fraction of sp³-hybridized carbons (Fsp3) is 0.364. The van der Waals surface area contributed by atoms with Crippen molar-refractivity contribution >= 4 is 39.1 Å². The number of imide groups is 1. The molecule has 2 aliphatic rings. The van der Waals surface area contributed by atoms with Crippen LogP contribution in [0.5, 0.6) is 5.75 Å². The number of methoxy groups -OCH3 is 1. The van der Waals surface area contributed by atoms with Crippen molar-refractivity contribution in [2.45, 2.75) is 36.3 Å². The monoisotopic (exact) mass is 478 g/mol. The van der Waals surface area contributed by atoms with Crippen LogP contribution >= 0.6 is 11.6 Å². The Morgan fingerprint density at radius 3 is 2.41 bits per heavy atom. The van der Waals surface area contributed by atoms with Gasteiger partial charge in [-0.25, -0.2) is 13.3 Å². The number of ether oxygens (including phenoxy) is 2. The van der Waals surface area contributed by atoms with Gasteiger partial charge in [0, 0.05) is 18.2 Å². The molecule has 2 unspecified atom stereocenters. The molecule has 2 fully saturated rings. The summed E-state index contributed by atoms with van der Waals surface area (Å²) < 4.78 is 39.0. The van der Waals surface area contributed by atoms with Gasteiger partial charge in [0.25, 0.3) is 5.91 Å². The summed E-state index contributed by atoms with van der Waals surface area (Å²) in [4.78, 5) is 27.1. The van der Waals surface area contributed by atoms with Crippen molar-refractivity contribution in [3.05, 3.63) is 53.6 Å². The zero-order valence-electron chi connectivity index (χ0n) is 17.4. The molecule has 8 nitrogen and oxygen atoms in total. The zero-order chi connectivity index (χ0) is 22.9. The number of carbonyl (C=O) groups excluding carboxylic acids is 2. The molecule has 32 heavy (non-hydrogen) atoms. The number of hydrogen-bond donors (Lipinski definition) is 0. The minimum Gasteiger partial charge on any atom is -0.497 e. The lowest BCUT2D eigenvalue weighted by Crippen LogP contribution is -2.48. The number of amides is 2. The molecule has 10 heteroatoms. The van der Waals surface area contributed by atoms with Gasteiger partial charge in [-0.1, -0.05) is 11.6 Å². The maximum absolute atomic E-state index is 13.6. The number of halogens is 1. The molecule has 2 heterocycles. The van der Waals surface area contributed by atoms with E-state index in [1.54, 1.807) is 36.4 Å². The molecule has 2 aromatic carbocycles. The molecule has 0 spiro atoms. The summed E-state index contributed by atoms with van der Waals surface area (Å²) in [6.45, 7) is 0.530. The molecular weight excluding hydrogens is 456 g/mol. The van der Waals surface area contributed by atoms with Gasteiger partial charge in [-0.3, -0.25) is 9.59 Å². The third-order valence-corrected chi connectivity index (χ3v) is 7.77. The second kappa shape index (κ2) is 9.19. The number of carbonyl (C=O) groups is 2. The highest BCUT2D eigenvalue weighted by atomic mass is 35.5. The number of benzene rings is 2. The van der Waals surface area contributed by atoms with Gasteiger partial charge in [0.1, 0.15) is 11.8 Å². The Bertz CT molecular complexity index is 1100. The van der Waals surface area contributed by atoms with Crippen molar-refractivity contribution in [2.24, 2.45) is 0 Å². The number of hydrogen-bond acceptors (Lipinski definition) is 6. The highest BCUT2D eigenvalue weighted by Crippen LogP contribution is 2.31. The Morgan fingerprint density at radius 1 is 1.12 bits per heavy atom. The van der Waals surface area contributed by atoms with Crippen LogP contribution in [0.3, 0.4) is 0 Å². The number of rotatable bonds is 7. The summed E-state index contributed by atoms with van der Waals surface area (Å²) in [7, 11) is -2.60. The fourth-order valence-corrected chi connectivity index (χ4v) is 5.71. The zero-order valence-corrected chi connectivity index (χ0v) is 19.0. The van der Waals surface area contributed by atoms with Crippen molar-refractivity contribution in [1.82, 2.24) is 4.31 Å². The first-order valence-corrected chi connectivity index (χ1v) is 12.0. The fourth-order valence-electron chi connectivity index (χ4n) is 3.97. The first-order valence-electron chi connectivity index (χ1n) is 10.2. The summed E-state index contributed by atoms with van der Waals surface area (Å²) in [6, 6.07) is 11.0. The van der Waals surface area contributed by atoms with Gasteiger partial charge in [-0.05, 0) is 61.4 Å². The van der Waals surface area contributed by atoms with E-state index < -0.39 is 27.9 Å². The molecule has 0 bridgehead atoms. The summed E-state index contributed by atoms with van der Waals surface area (Å²) in [5.74, 6) is -0.548. The molecule has 2 aliphatic heterocycles. The SMILES string of the molecule is COc1ccc(S(=O)(=O)N(CC2CCCO2)C2CC(=O)N(c3ccc(Cl)cc3)C2=O)cc1. The van der Waals surface area contributed by atoms with E-state index in [2.05, 4.69) is 0 Å². The van der Waals surface area contributed by atoms with Gasteiger partial charge in [0.2, 0.25) is 15.9 Å². The maximum atomic E-state index is 13.6. The topological polar surface area (TPSA) is 93.2 Å². The highest BCUT2D eigenvalue weighted by molar-refractivity contribution is 7.89. The average molecular weight is 479 g/mol. The van der Waals surface area contributed by atoms with Gasteiger partial charge in [-0.2, -0.15) is 4.31 Å². The first-order chi connectivity index (χ1) is 15.3. The van der Waals surface area contributed by atoms with Gasteiger partial charge in [-0.15, -0.1) is 0 Å². The number of anilines is 1. The second-order valence-electron chi connectivity index (χ2n) is 7.65. The Kier molecular flexibility index (Phi) is 6.52. The van der Waals surface area contributed by atoms with Crippen molar-refractivity contribution in [2.75, 3.05) is 25.2 Å². The molecular formula is C22H23ClN2O6S. The second-order valence-corrected chi connectivity index (χ2v) is 9.98. The van der Waals surface area contributed by atoms with Crippen molar-refractivity contribution < 1.29 is 27.5 Å². The molecule has 2 saturated heterocycles. The molecule has 0 aromatic heterocycles. The Labute approximate surface area is 191 Å². The average Bonchev–Trinajstić information content (AvgIpc) is 3.40. The summed E-state index contributed by atoms with van der Waals surface area (Å²) in [5, 5.41) is 0.464. The summed E-state index contributed by atoms with van der Waals surface area (Å²) in [5.41, 5.74) is 0.353. The molecule has 2 atom stereocenters. The first kappa shape index (κ1) is 22.7. The predicted molar refractivity (Wildman–Crippen MR) is 118 cm³/mol. The van der Waals surface area contributed by atoms with Crippen LogP contribution in [0.2, 0.25) is 5.02 Å². The third-order valence-electron chi connectivity index (χ3n) is 5.63. The van der Waals surface area contributed by atoms with Crippen LogP contribution in [-0.4, -0.2) is 56.9 Å². The van der Waals surface area contributed by atoms with Crippen molar-refractivity contribution in [1.29, 1.82) is 0 Å². The molecule has 2 aromatic rings. The van der Waals surface area contributed by atoms with E-state index in [0.29, 0.717) is 29.5 Å². The van der Waals surface area contributed by atoms with Crippen LogP contribution in [0.15, 0.2) is 53.4 Å². The van der Waals surface area contributed by atoms with E-state index in [9.17, 15) is 18.0 Å². The molecule has 0 N–H and O–H groups in total. The van der Waals surface area contributed by atoms with Crippen LogP contribution in [0.1, 0.15) is 19.3 Å². The summed E-state index contributed by atoms with van der Waals surface area (Å²) >= 11 is 5.92. The van der Waals surface area contributed by atoms with E-state index >= 15 is 0 Å². The standard InChI is InChI=1S/C22H23ClN2O6S/c1-30-17-8-10-19(11-9-17)32(28,29)24(14-18-3-2-12-31-18)20-13-21(26)25(22(20)27)16-6-4-15(23)5-7-16/h4-11,18,20H,2-3,12-14H2,1H3. The van der Waals surface area contributed by atoms with Crippen LogP contribution in [0.25, 0.3) is 0 Å². The van der Waals surface area contributed by atoms with Crippen molar-refractivity contribution in [3.63, 3.8) is 0 Å². The van der Waals surface area contributed by atoms with Crippen LogP contribution in [0.4, 0.5) is 5.69 Å². The molecule has 2 amide bonds. The highest BCUT2D eigenvalue weighted by Gasteiger charge is 2.47. The van der Waals surface area contributed by atoms with Crippen molar-refractivity contribution in [3.8, 4) is 5.75 Å². The third kappa shape index (κ3) is 4.38. The Balaban J connectivity index is 1.68. The lowest BCUT2D eigenvalue weighted by Gasteiger charge is -2.29. The van der Waals surface area contributed by atoms with E-state index in [1.165, 1.54) is 19.2 Å². The molecule has 170 valence electrons. The predicted octanol–water partition coefficient (Wildman–Crippen LogP) is 2.85. The van der Waals surface area contributed by atoms with Gasteiger partial charge >= 0.3 is 0 Å². The lowest BCUT2D eigenvalue weighted by atomic mass is 10.2. The largest absolute Gasteiger partial charge is 0.497 e. The van der Waals surface area contributed by atoms with E-state index in [0.717, 1.165) is 15.6 Å². The van der Waals surface area contributed by atoms with E-state index in [-0.39, 0.29) is 24.0 Å². The number of sulfonamides is 1. The lowest BCUT2D eigenvalue weighted by molar-refractivity contribution is -0.122. The summed E-state index contributed by atoms with van der Waals surface area (Å²) in [6.07, 6.45) is 0.916. The van der Waals surface area contributed by atoms with Gasteiger partial charge < -0.3 is 9.47 Å². The van der Waals surface area contributed by atoms with Gasteiger partial charge in [0.15, 0.2) is 0 Å². The quantitative estimate of drug-likeness (QED) is 0.568. The number of nitrogens with zero attached hydrogens (tertiary/aromatic N) is 2. The van der Waals surface area contributed by atoms with Crippen LogP contribution in [0, 0.1) is 0 Å². The Morgan fingerprint density at radius 2 is 1.81 bits per heavy atom. The van der Waals surface area contributed by atoms with E-state index in [1.807, 2.05) is 0 Å². The van der Waals surface area contributed by atoms with Gasteiger partial charge in [0.05, 0.1) is 30.2 Å². The smallest absolute Gasteiger partial charge is 0.252 e. The maximum Gasteiger partial charge on any atom is 0.252 e. The minimum atomic E-state index is -4.09. The van der Waals surface area contributed by atoms with Crippen LogP contribution in [-0.2, 0) is 24.3 Å². The normalized spacial score (nSPS) is 21.5. The molecule has 0 radical (unpaired) electrons. The molecule has 0 aliphatic carbocycles. The van der Waals surface area contributed by atoms with E-state index in [4.69, 9.17) is 21.1 Å². The molecule has 4 rings (SSSR count). The van der Waals surface area contributed by atoms with Crippen LogP contribution < -0.4 is 9.64 Å². The Hall–Kier alpha value is -2.46.